The van der Waals surface area contributed by atoms with Gasteiger partial charge in [-0.25, -0.2) is 4.98 Å². The van der Waals surface area contributed by atoms with Gasteiger partial charge in [0.05, 0.1) is 17.8 Å². The first kappa shape index (κ1) is 12.0. The van der Waals surface area contributed by atoms with Crippen molar-refractivity contribution in [2.24, 2.45) is 11.7 Å². The van der Waals surface area contributed by atoms with Crippen LogP contribution in [0.1, 0.15) is 35.8 Å². The Labute approximate surface area is 101 Å². The van der Waals surface area contributed by atoms with Gasteiger partial charge in [-0.2, -0.15) is 0 Å². The Balaban J connectivity index is 2.32. The summed E-state index contributed by atoms with van der Waals surface area (Å²) in [4.78, 5) is 6.15. The van der Waals surface area contributed by atoms with Crippen molar-refractivity contribution >= 4 is 11.3 Å². The molecule has 1 atom stereocenters. The largest absolute Gasteiger partial charge is 0.382 e. The molecule has 0 saturated heterocycles. The second-order valence-corrected chi connectivity index (χ2v) is 5.95. The third-order valence-electron chi connectivity index (χ3n) is 3.41. The van der Waals surface area contributed by atoms with Crippen LogP contribution in [0.2, 0.25) is 0 Å². The lowest BCUT2D eigenvalue weighted by atomic mass is 9.89. The summed E-state index contributed by atoms with van der Waals surface area (Å²) in [7, 11) is 1.70. The van der Waals surface area contributed by atoms with Crippen molar-refractivity contribution < 1.29 is 4.74 Å². The second kappa shape index (κ2) is 4.43. The normalized spacial score (nSPS) is 18.8. The highest BCUT2D eigenvalue weighted by Gasteiger charge is 2.36. The van der Waals surface area contributed by atoms with Crippen LogP contribution < -0.4 is 5.73 Å². The molecule has 0 fully saturated rings. The maximum atomic E-state index is 6.46. The van der Waals surface area contributed by atoms with E-state index in [1.807, 2.05) is 0 Å². The molecule has 2 N–H and O–H groups in total. The zero-order valence-electron chi connectivity index (χ0n) is 10.2. The molecule has 0 aliphatic heterocycles. The fourth-order valence-electron chi connectivity index (χ4n) is 2.10. The van der Waals surface area contributed by atoms with Gasteiger partial charge < -0.3 is 10.5 Å². The van der Waals surface area contributed by atoms with E-state index >= 15 is 0 Å². The standard InChI is InChI=1S/C12H20N2OS/c1-8(2)12(13,7-15-3)11-14-9-5-4-6-10(9)16-11/h8H,4-7,13H2,1-3H3. The number of nitrogens with zero attached hydrogens (tertiary/aromatic N) is 1. The van der Waals surface area contributed by atoms with Gasteiger partial charge in [-0.05, 0) is 25.2 Å². The number of aryl methyl sites for hydroxylation is 2. The summed E-state index contributed by atoms with van der Waals surface area (Å²) < 4.78 is 5.27. The minimum Gasteiger partial charge on any atom is -0.382 e. The number of hydrogen-bond donors (Lipinski definition) is 1. The molecule has 1 aliphatic rings. The van der Waals surface area contributed by atoms with Crippen LogP contribution in [0.4, 0.5) is 0 Å². The SMILES string of the molecule is COCC(N)(c1nc2c(s1)CCC2)C(C)C. The van der Waals surface area contributed by atoms with Crippen molar-refractivity contribution in [1.29, 1.82) is 0 Å². The molecule has 0 spiro atoms. The van der Waals surface area contributed by atoms with Crippen molar-refractivity contribution in [1.82, 2.24) is 4.98 Å². The first-order chi connectivity index (χ1) is 7.58. The number of hydrogen-bond acceptors (Lipinski definition) is 4. The van der Waals surface area contributed by atoms with E-state index in [-0.39, 0.29) is 0 Å². The van der Waals surface area contributed by atoms with Crippen LogP contribution in [0, 0.1) is 5.92 Å². The van der Waals surface area contributed by atoms with Gasteiger partial charge in [0.1, 0.15) is 5.01 Å². The van der Waals surface area contributed by atoms with Crippen LogP contribution >= 0.6 is 11.3 Å². The molecule has 0 amide bonds. The quantitative estimate of drug-likeness (QED) is 0.876. The fraction of sp³-hybridized carbons (Fsp3) is 0.750. The molecule has 0 saturated carbocycles. The van der Waals surface area contributed by atoms with Gasteiger partial charge >= 0.3 is 0 Å². The van der Waals surface area contributed by atoms with E-state index in [1.54, 1.807) is 18.4 Å². The number of nitrogens with two attached hydrogens (primary N) is 1. The molecule has 0 bridgehead atoms. The van der Waals surface area contributed by atoms with Crippen LogP contribution in [0.15, 0.2) is 0 Å². The Morgan fingerprint density at radius 3 is 2.81 bits per heavy atom. The van der Waals surface area contributed by atoms with Crippen molar-refractivity contribution in [3.63, 3.8) is 0 Å². The molecule has 1 aromatic heterocycles. The van der Waals surface area contributed by atoms with E-state index < -0.39 is 5.54 Å². The third kappa shape index (κ3) is 1.90. The van der Waals surface area contributed by atoms with E-state index in [0.717, 1.165) is 11.4 Å². The van der Waals surface area contributed by atoms with Gasteiger partial charge in [0, 0.05) is 12.0 Å². The predicted molar refractivity (Wildman–Crippen MR) is 66.7 cm³/mol. The summed E-state index contributed by atoms with van der Waals surface area (Å²) >= 11 is 1.78. The summed E-state index contributed by atoms with van der Waals surface area (Å²) in [6.07, 6.45) is 3.54. The van der Waals surface area contributed by atoms with Gasteiger partial charge in [-0.1, -0.05) is 13.8 Å². The fourth-order valence-corrected chi connectivity index (χ4v) is 3.49. The molecule has 2 rings (SSSR count). The molecule has 3 nitrogen and oxygen atoms in total. The predicted octanol–water partition coefficient (Wildman–Crippen LogP) is 2.09. The molecule has 90 valence electrons. The van der Waals surface area contributed by atoms with Crippen LogP contribution in [-0.2, 0) is 23.1 Å². The minimum atomic E-state index is -0.427. The molecule has 4 heteroatoms. The Bertz CT molecular complexity index is 354. The molecule has 0 radical (unpaired) electrons. The molecule has 1 heterocycles. The van der Waals surface area contributed by atoms with Gasteiger partial charge in [0.25, 0.3) is 0 Å². The Morgan fingerprint density at radius 2 is 2.25 bits per heavy atom. The van der Waals surface area contributed by atoms with Crippen LogP contribution in [-0.4, -0.2) is 18.7 Å². The molecule has 1 unspecified atom stereocenters. The highest BCUT2D eigenvalue weighted by Crippen LogP contribution is 2.35. The summed E-state index contributed by atoms with van der Waals surface area (Å²) in [6, 6.07) is 0. The minimum absolute atomic E-state index is 0.332. The maximum absolute atomic E-state index is 6.46. The molecular formula is C12H20N2OS. The number of methoxy groups -OCH3 is 1. The lowest BCUT2D eigenvalue weighted by Crippen LogP contribution is -2.46. The van der Waals surface area contributed by atoms with Crippen LogP contribution in [0.3, 0.4) is 0 Å². The smallest absolute Gasteiger partial charge is 0.116 e. The van der Waals surface area contributed by atoms with Gasteiger partial charge in [-0.15, -0.1) is 11.3 Å². The van der Waals surface area contributed by atoms with Crippen LogP contribution in [0.5, 0.6) is 0 Å². The van der Waals surface area contributed by atoms with Gasteiger partial charge in [0.15, 0.2) is 0 Å². The van der Waals surface area contributed by atoms with E-state index in [2.05, 4.69) is 13.8 Å². The highest BCUT2D eigenvalue weighted by atomic mass is 32.1. The first-order valence-electron chi connectivity index (χ1n) is 5.85. The number of aromatic nitrogens is 1. The topological polar surface area (TPSA) is 48.1 Å². The molecule has 1 aromatic rings. The maximum Gasteiger partial charge on any atom is 0.116 e. The summed E-state index contributed by atoms with van der Waals surface area (Å²) in [5.74, 6) is 0.332. The third-order valence-corrected chi connectivity index (χ3v) is 4.76. The van der Waals surface area contributed by atoms with Gasteiger partial charge in [0.2, 0.25) is 0 Å². The van der Waals surface area contributed by atoms with Crippen molar-refractivity contribution in [3.8, 4) is 0 Å². The first-order valence-corrected chi connectivity index (χ1v) is 6.66. The van der Waals surface area contributed by atoms with Crippen molar-refractivity contribution in [2.45, 2.75) is 38.6 Å². The summed E-state index contributed by atoms with van der Waals surface area (Å²) in [5, 5.41) is 1.05. The Hall–Kier alpha value is -0.450. The number of fused-ring (bicyclic) bond motifs is 1. The molecule has 1 aliphatic carbocycles. The lowest BCUT2D eigenvalue weighted by Gasteiger charge is -2.30. The lowest BCUT2D eigenvalue weighted by molar-refractivity contribution is 0.104. The van der Waals surface area contributed by atoms with Gasteiger partial charge in [-0.3, -0.25) is 0 Å². The monoisotopic (exact) mass is 240 g/mol. The zero-order chi connectivity index (χ0) is 11.8. The Morgan fingerprint density at radius 1 is 1.50 bits per heavy atom. The van der Waals surface area contributed by atoms with Crippen molar-refractivity contribution in [3.05, 3.63) is 15.6 Å². The average Bonchev–Trinajstić information content (AvgIpc) is 2.76. The van der Waals surface area contributed by atoms with E-state index in [1.165, 1.54) is 23.4 Å². The van der Waals surface area contributed by atoms with E-state index in [0.29, 0.717) is 12.5 Å². The molecular weight excluding hydrogens is 220 g/mol. The average molecular weight is 240 g/mol. The van der Waals surface area contributed by atoms with E-state index in [4.69, 9.17) is 15.5 Å². The number of thiazole rings is 1. The number of ether oxygens (including phenoxy) is 1. The zero-order valence-corrected chi connectivity index (χ0v) is 11.1. The summed E-state index contributed by atoms with van der Waals surface area (Å²) in [5.41, 5.74) is 7.30. The van der Waals surface area contributed by atoms with E-state index in [9.17, 15) is 0 Å². The molecule has 0 aromatic carbocycles. The Kier molecular flexibility index (Phi) is 3.33. The summed E-state index contributed by atoms with van der Waals surface area (Å²) in [6.45, 7) is 4.80. The van der Waals surface area contributed by atoms with Crippen LogP contribution in [0.25, 0.3) is 0 Å². The molecule has 16 heavy (non-hydrogen) atoms. The number of rotatable bonds is 4. The second-order valence-electron chi connectivity index (χ2n) is 4.87. The van der Waals surface area contributed by atoms with Crippen molar-refractivity contribution in [2.75, 3.05) is 13.7 Å². The highest BCUT2D eigenvalue weighted by molar-refractivity contribution is 7.12.